The molecule has 2 unspecified atom stereocenters. The second-order valence-corrected chi connectivity index (χ2v) is 6.12. The maximum Gasteiger partial charge on any atom is 0.326 e. The molecule has 0 amide bonds. The van der Waals surface area contributed by atoms with Gasteiger partial charge < -0.3 is 18.3 Å². The third kappa shape index (κ3) is 4.06. The molecule has 5 heteroatoms. The number of hydrogen-bond donors (Lipinski definition) is 0. The van der Waals surface area contributed by atoms with Gasteiger partial charge in [0.25, 0.3) is 0 Å². The van der Waals surface area contributed by atoms with Crippen LogP contribution in [0.25, 0.3) is 0 Å². The average Bonchev–Trinajstić information content (AvgIpc) is 3.01. The van der Waals surface area contributed by atoms with Crippen molar-refractivity contribution in [3.8, 4) is 0 Å². The van der Waals surface area contributed by atoms with Crippen molar-refractivity contribution in [3.63, 3.8) is 0 Å². The van der Waals surface area contributed by atoms with E-state index in [1.165, 1.54) is 0 Å². The molecule has 1 saturated heterocycles. The van der Waals surface area contributed by atoms with Crippen LogP contribution in [-0.2, 0) is 18.3 Å². The lowest BCUT2D eigenvalue weighted by atomic mass is 10.3. The zero-order valence-corrected chi connectivity index (χ0v) is 10.3. The maximum atomic E-state index is 5.54. The second-order valence-electron chi connectivity index (χ2n) is 3.50. The summed E-state index contributed by atoms with van der Waals surface area (Å²) in [6.07, 6.45) is 1.39. The Morgan fingerprint density at radius 3 is 2.50 bits per heavy atom. The van der Waals surface area contributed by atoms with Gasteiger partial charge in [0.2, 0.25) is 0 Å². The summed E-state index contributed by atoms with van der Waals surface area (Å²) in [7, 11) is 1.92. The molecule has 1 aliphatic heterocycles. The largest absolute Gasteiger partial charge is 0.400 e. The van der Waals surface area contributed by atoms with Gasteiger partial charge in [-0.3, -0.25) is 0 Å². The van der Waals surface area contributed by atoms with Crippen molar-refractivity contribution in [2.45, 2.75) is 25.0 Å². The molecule has 14 heavy (non-hydrogen) atoms. The molecular formula is C9H20O4Si. The number of ether oxygens (including phenoxy) is 2. The van der Waals surface area contributed by atoms with E-state index in [2.05, 4.69) is 6.92 Å². The molecule has 0 radical (unpaired) electrons. The summed E-state index contributed by atoms with van der Waals surface area (Å²) in [5.74, 6) is 0. The van der Waals surface area contributed by atoms with Gasteiger partial charge in [-0.2, -0.15) is 0 Å². The number of rotatable bonds is 8. The van der Waals surface area contributed by atoms with Crippen molar-refractivity contribution in [1.29, 1.82) is 0 Å². The fourth-order valence-electron chi connectivity index (χ4n) is 1.39. The van der Waals surface area contributed by atoms with E-state index in [4.69, 9.17) is 18.3 Å². The lowest BCUT2D eigenvalue weighted by molar-refractivity contribution is 0.104. The summed E-state index contributed by atoms with van der Waals surface area (Å²) in [5.41, 5.74) is 0.434. The van der Waals surface area contributed by atoms with Crippen molar-refractivity contribution in [3.05, 3.63) is 0 Å². The molecule has 0 aromatic heterocycles. The predicted molar refractivity (Wildman–Crippen MR) is 55.8 cm³/mol. The number of hydrogen-bond acceptors (Lipinski definition) is 4. The van der Waals surface area contributed by atoms with Crippen LogP contribution in [-0.4, -0.2) is 49.4 Å². The minimum absolute atomic E-state index is 0.345. The van der Waals surface area contributed by atoms with Crippen molar-refractivity contribution in [2.75, 3.05) is 34.0 Å². The molecule has 1 rings (SSSR count). The predicted octanol–water partition coefficient (Wildman–Crippen LogP) is 0.695. The molecular weight excluding hydrogens is 200 g/mol. The summed E-state index contributed by atoms with van der Waals surface area (Å²) in [6.45, 7) is 4.44. The van der Waals surface area contributed by atoms with Crippen LogP contribution in [0.2, 0.25) is 5.54 Å². The highest BCUT2D eigenvalue weighted by Crippen LogP contribution is 2.18. The van der Waals surface area contributed by atoms with Crippen molar-refractivity contribution >= 4 is 9.28 Å². The normalized spacial score (nSPS) is 22.7. The van der Waals surface area contributed by atoms with Gasteiger partial charge in [-0.05, 0) is 6.42 Å². The third-order valence-electron chi connectivity index (χ3n) is 2.41. The zero-order chi connectivity index (χ0) is 10.4. The molecule has 2 atom stereocenters. The first-order chi connectivity index (χ1) is 6.81. The molecule has 0 saturated carbocycles. The molecule has 0 bridgehead atoms. The highest BCUT2D eigenvalue weighted by atomic mass is 28.3. The van der Waals surface area contributed by atoms with Crippen LogP contribution in [0.15, 0.2) is 0 Å². The van der Waals surface area contributed by atoms with E-state index in [0.717, 1.165) is 19.6 Å². The Balaban J connectivity index is 2.14. The lowest BCUT2D eigenvalue weighted by Gasteiger charge is -2.20. The van der Waals surface area contributed by atoms with Gasteiger partial charge in [0.05, 0.1) is 19.8 Å². The van der Waals surface area contributed by atoms with Crippen LogP contribution in [0.5, 0.6) is 0 Å². The summed E-state index contributed by atoms with van der Waals surface area (Å²) in [6, 6.07) is 0. The Morgan fingerprint density at radius 2 is 2.07 bits per heavy atom. The minimum Gasteiger partial charge on any atom is -0.400 e. The SMILES string of the molecule is CCC(COCC1CO1)[SiH](OC)OC. The standard InChI is InChI=1S/C9H20O4Si/c1-4-9(14(10-2)11-3)7-12-5-8-6-13-8/h8-9,14H,4-7H2,1-3H3. The molecule has 1 aliphatic rings. The van der Waals surface area contributed by atoms with Gasteiger partial charge in [-0.25, -0.2) is 0 Å². The van der Waals surface area contributed by atoms with Crippen LogP contribution < -0.4 is 0 Å². The molecule has 0 N–H and O–H groups in total. The van der Waals surface area contributed by atoms with E-state index in [0.29, 0.717) is 18.3 Å². The Labute approximate surface area is 87.3 Å². The smallest absolute Gasteiger partial charge is 0.326 e. The lowest BCUT2D eigenvalue weighted by Crippen LogP contribution is -2.29. The van der Waals surface area contributed by atoms with E-state index < -0.39 is 9.28 Å². The van der Waals surface area contributed by atoms with Gasteiger partial charge >= 0.3 is 9.28 Å². The summed E-state index contributed by atoms with van der Waals surface area (Å²) in [4.78, 5) is 0. The second kappa shape index (κ2) is 6.52. The first-order valence-corrected chi connectivity index (χ1v) is 6.67. The fourth-order valence-corrected chi connectivity index (χ4v) is 3.03. The molecule has 0 aromatic rings. The Morgan fingerprint density at radius 1 is 1.43 bits per heavy atom. The summed E-state index contributed by atoms with van der Waals surface area (Å²) < 4.78 is 21.3. The highest BCUT2D eigenvalue weighted by molar-refractivity contribution is 6.46. The topological polar surface area (TPSA) is 40.2 Å². The quantitative estimate of drug-likeness (QED) is 0.446. The van der Waals surface area contributed by atoms with Crippen LogP contribution in [0.4, 0.5) is 0 Å². The van der Waals surface area contributed by atoms with Crippen molar-refractivity contribution in [2.24, 2.45) is 0 Å². The van der Waals surface area contributed by atoms with Gasteiger partial charge in [-0.1, -0.05) is 6.92 Å². The molecule has 84 valence electrons. The highest BCUT2D eigenvalue weighted by Gasteiger charge is 2.26. The van der Waals surface area contributed by atoms with Gasteiger partial charge in [0.15, 0.2) is 0 Å². The molecule has 0 spiro atoms. The van der Waals surface area contributed by atoms with E-state index in [-0.39, 0.29) is 0 Å². The molecule has 0 aliphatic carbocycles. The fraction of sp³-hybridized carbons (Fsp3) is 1.00. The Bertz CT molecular complexity index is 148. The van der Waals surface area contributed by atoms with E-state index in [1.54, 1.807) is 14.2 Å². The van der Waals surface area contributed by atoms with E-state index in [1.807, 2.05) is 0 Å². The average molecular weight is 220 g/mol. The van der Waals surface area contributed by atoms with Crippen LogP contribution >= 0.6 is 0 Å². The zero-order valence-electron chi connectivity index (χ0n) is 9.19. The van der Waals surface area contributed by atoms with E-state index in [9.17, 15) is 0 Å². The van der Waals surface area contributed by atoms with E-state index >= 15 is 0 Å². The van der Waals surface area contributed by atoms with Crippen LogP contribution in [0.3, 0.4) is 0 Å². The summed E-state index contributed by atoms with van der Waals surface area (Å²) >= 11 is 0. The first kappa shape index (κ1) is 12.1. The van der Waals surface area contributed by atoms with Crippen molar-refractivity contribution in [1.82, 2.24) is 0 Å². The Hall–Kier alpha value is 0.0569. The van der Waals surface area contributed by atoms with Crippen LogP contribution in [0, 0.1) is 0 Å². The Kier molecular flexibility index (Phi) is 5.65. The maximum absolute atomic E-state index is 5.54. The van der Waals surface area contributed by atoms with Gasteiger partial charge in [-0.15, -0.1) is 0 Å². The van der Waals surface area contributed by atoms with Gasteiger partial charge in [0.1, 0.15) is 6.10 Å². The molecule has 0 aromatic carbocycles. The number of epoxide rings is 1. The summed E-state index contributed by atoms with van der Waals surface area (Å²) in [5, 5.41) is 0. The van der Waals surface area contributed by atoms with Crippen LogP contribution in [0.1, 0.15) is 13.3 Å². The monoisotopic (exact) mass is 220 g/mol. The first-order valence-electron chi connectivity index (χ1n) is 5.06. The molecule has 1 fully saturated rings. The molecule has 1 heterocycles. The van der Waals surface area contributed by atoms with Crippen molar-refractivity contribution < 1.29 is 18.3 Å². The minimum atomic E-state index is -1.52. The molecule has 4 nitrogen and oxygen atoms in total. The van der Waals surface area contributed by atoms with Gasteiger partial charge in [0, 0.05) is 19.8 Å². The third-order valence-corrected chi connectivity index (χ3v) is 4.77.